The summed E-state index contributed by atoms with van der Waals surface area (Å²) in [6.07, 6.45) is 1.30. The van der Waals surface area contributed by atoms with Crippen LogP contribution in [-0.2, 0) is 22.9 Å². The molecular weight excluding hydrogens is 246 g/mol. The summed E-state index contributed by atoms with van der Waals surface area (Å²) in [5.41, 5.74) is 7.01. The number of carbonyl (C=O) groups excluding carboxylic acids is 1. The van der Waals surface area contributed by atoms with Crippen molar-refractivity contribution in [3.8, 4) is 0 Å². The van der Waals surface area contributed by atoms with Gasteiger partial charge < -0.3 is 15.2 Å². The zero-order valence-electron chi connectivity index (χ0n) is 12.3. The Morgan fingerprint density at radius 3 is 2.58 bits per heavy atom. The van der Waals surface area contributed by atoms with Gasteiger partial charge in [0.1, 0.15) is 0 Å². The fourth-order valence-electron chi connectivity index (χ4n) is 1.66. The Morgan fingerprint density at radius 2 is 2.11 bits per heavy atom. The maximum Gasteiger partial charge on any atom is 0.358 e. The van der Waals surface area contributed by atoms with Crippen LogP contribution < -0.4 is 5.73 Å². The van der Waals surface area contributed by atoms with E-state index in [2.05, 4.69) is 5.10 Å². The highest BCUT2D eigenvalue weighted by Gasteiger charge is 2.22. The molecule has 1 rings (SSSR count). The van der Waals surface area contributed by atoms with Crippen LogP contribution in [0, 0.1) is 0 Å². The molecule has 0 radical (unpaired) electrons. The van der Waals surface area contributed by atoms with E-state index < -0.39 is 5.97 Å². The normalized spacial score (nSPS) is 11.6. The predicted molar refractivity (Wildman–Crippen MR) is 73.0 cm³/mol. The van der Waals surface area contributed by atoms with Gasteiger partial charge in [-0.1, -0.05) is 6.92 Å². The van der Waals surface area contributed by atoms with Gasteiger partial charge in [-0.3, -0.25) is 4.68 Å². The number of esters is 1. The van der Waals surface area contributed by atoms with Gasteiger partial charge in [-0.15, -0.1) is 0 Å². The molecule has 1 aromatic rings. The summed E-state index contributed by atoms with van der Waals surface area (Å²) in [7, 11) is 3.32. The lowest BCUT2D eigenvalue weighted by atomic mass is 10.1. The minimum atomic E-state index is -0.445. The zero-order chi connectivity index (χ0) is 14.6. The highest BCUT2D eigenvalue weighted by atomic mass is 16.5. The van der Waals surface area contributed by atoms with Gasteiger partial charge in [0.05, 0.1) is 23.6 Å². The Kier molecular flexibility index (Phi) is 4.94. The van der Waals surface area contributed by atoms with Gasteiger partial charge in [-0.05, 0) is 20.3 Å². The van der Waals surface area contributed by atoms with Gasteiger partial charge in [-0.25, -0.2) is 4.79 Å². The number of aromatic nitrogens is 2. The van der Waals surface area contributed by atoms with E-state index in [4.69, 9.17) is 15.2 Å². The van der Waals surface area contributed by atoms with Crippen molar-refractivity contribution in [2.75, 3.05) is 19.5 Å². The maximum atomic E-state index is 12.0. The molecule has 0 fully saturated rings. The molecule has 0 atom stereocenters. The Balaban J connectivity index is 2.67. The minimum absolute atomic E-state index is 0.283. The van der Waals surface area contributed by atoms with Crippen molar-refractivity contribution in [3.63, 3.8) is 0 Å². The molecule has 6 nitrogen and oxygen atoms in total. The van der Waals surface area contributed by atoms with E-state index in [1.165, 1.54) is 4.68 Å². The molecule has 0 bridgehead atoms. The fraction of sp³-hybridized carbons (Fsp3) is 0.692. The van der Waals surface area contributed by atoms with Crippen molar-refractivity contribution >= 4 is 11.7 Å². The number of ether oxygens (including phenoxy) is 2. The van der Waals surface area contributed by atoms with Crippen molar-refractivity contribution in [1.82, 2.24) is 9.78 Å². The molecule has 0 saturated heterocycles. The quantitative estimate of drug-likeness (QED) is 0.792. The number of rotatable bonds is 6. The van der Waals surface area contributed by atoms with Crippen LogP contribution in [0.1, 0.15) is 43.4 Å². The molecule has 0 saturated carbocycles. The first-order valence-corrected chi connectivity index (χ1v) is 6.36. The van der Waals surface area contributed by atoms with Crippen molar-refractivity contribution in [1.29, 1.82) is 0 Å². The summed E-state index contributed by atoms with van der Waals surface area (Å²) >= 11 is 0. The Labute approximate surface area is 113 Å². The third-order valence-corrected chi connectivity index (χ3v) is 3.18. The highest BCUT2D eigenvalue weighted by molar-refractivity contribution is 5.93. The van der Waals surface area contributed by atoms with Crippen LogP contribution in [0.3, 0.4) is 0 Å². The number of anilines is 1. The van der Waals surface area contributed by atoms with E-state index in [0.717, 1.165) is 0 Å². The first kappa shape index (κ1) is 15.5. The second-order valence-electron chi connectivity index (χ2n) is 5.04. The average molecular weight is 269 g/mol. The second kappa shape index (κ2) is 6.06. The summed E-state index contributed by atoms with van der Waals surface area (Å²) in [6.45, 7) is 6.10. The molecule has 1 aromatic heterocycles. The molecule has 0 unspecified atom stereocenters. The van der Waals surface area contributed by atoms with Gasteiger partial charge in [0, 0.05) is 20.6 Å². The molecule has 0 aliphatic carbocycles. The van der Waals surface area contributed by atoms with E-state index in [1.54, 1.807) is 14.2 Å². The van der Waals surface area contributed by atoms with Crippen molar-refractivity contribution < 1.29 is 14.3 Å². The number of methoxy groups -OCH3 is 1. The van der Waals surface area contributed by atoms with Gasteiger partial charge in [-0.2, -0.15) is 5.10 Å². The molecule has 108 valence electrons. The summed E-state index contributed by atoms with van der Waals surface area (Å²) in [5, 5.41) is 4.19. The third kappa shape index (κ3) is 3.70. The number of nitrogens with two attached hydrogens (primary N) is 1. The van der Waals surface area contributed by atoms with Crippen LogP contribution in [0.4, 0.5) is 5.69 Å². The number of aryl methyl sites for hydroxylation is 2. The second-order valence-corrected chi connectivity index (χ2v) is 5.04. The van der Waals surface area contributed by atoms with E-state index in [0.29, 0.717) is 29.9 Å². The minimum Gasteiger partial charge on any atom is -0.461 e. The van der Waals surface area contributed by atoms with E-state index >= 15 is 0 Å². The summed E-state index contributed by atoms with van der Waals surface area (Å²) in [5.74, 6) is -0.445. The standard InChI is InChI=1S/C13H23N3O3/c1-6-9-10(14)11(16(4)15-9)12(17)19-8-7-13(2,3)18-5/h6-8,14H2,1-5H3. The summed E-state index contributed by atoms with van der Waals surface area (Å²) in [4.78, 5) is 12.0. The molecule has 0 aliphatic heterocycles. The predicted octanol–water partition coefficient (Wildman–Crippen LogP) is 1.54. The first-order chi connectivity index (χ1) is 8.82. The lowest BCUT2D eigenvalue weighted by Crippen LogP contribution is -2.25. The average Bonchev–Trinajstić information content (AvgIpc) is 2.64. The van der Waals surface area contributed by atoms with E-state index in [1.807, 2.05) is 20.8 Å². The number of hydrogen-bond donors (Lipinski definition) is 1. The molecule has 19 heavy (non-hydrogen) atoms. The number of nitrogen functional groups attached to an aromatic ring is 1. The Morgan fingerprint density at radius 1 is 1.47 bits per heavy atom. The van der Waals surface area contributed by atoms with Crippen LogP contribution in [0.2, 0.25) is 0 Å². The molecule has 0 amide bonds. The topological polar surface area (TPSA) is 79.4 Å². The first-order valence-electron chi connectivity index (χ1n) is 6.36. The van der Waals surface area contributed by atoms with E-state index in [-0.39, 0.29) is 12.2 Å². The lowest BCUT2D eigenvalue weighted by Gasteiger charge is -2.22. The molecule has 6 heteroatoms. The van der Waals surface area contributed by atoms with Gasteiger partial charge in [0.15, 0.2) is 5.69 Å². The molecule has 2 N–H and O–H groups in total. The Bertz CT molecular complexity index is 452. The number of nitrogens with zero attached hydrogens (tertiary/aromatic N) is 2. The van der Waals surface area contributed by atoms with Crippen LogP contribution in [0.25, 0.3) is 0 Å². The number of carbonyl (C=O) groups is 1. The third-order valence-electron chi connectivity index (χ3n) is 3.18. The molecule has 0 aromatic carbocycles. The summed E-state index contributed by atoms with van der Waals surface area (Å²) < 4.78 is 12.0. The lowest BCUT2D eigenvalue weighted by molar-refractivity contribution is -0.00590. The molecule has 0 spiro atoms. The van der Waals surface area contributed by atoms with Crippen LogP contribution in [0.15, 0.2) is 0 Å². The number of hydrogen-bond acceptors (Lipinski definition) is 5. The van der Waals surface area contributed by atoms with Crippen LogP contribution in [-0.4, -0.2) is 35.1 Å². The van der Waals surface area contributed by atoms with Crippen molar-refractivity contribution in [2.24, 2.45) is 7.05 Å². The maximum absolute atomic E-state index is 12.0. The summed E-state index contributed by atoms with van der Waals surface area (Å²) in [6, 6.07) is 0. The van der Waals surface area contributed by atoms with Crippen molar-refractivity contribution in [3.05, 3.63) is 11.4 Å². The molecule has 1 heterocycles. The molecular formula is C13H23N3O3. The smallest absolute Gasteiger partial charge is 0.358 e. The van der Waals surface area contributed by atoms with Crippen LogP contribution >= 0.6 is 0 Å². The monoisotopic (exact) mass is 269 g/mol. The van der Waals surface area contributed by atoms with E-state index in [9.17, 15) is 4.79 Å². The Hall–Kier alpha value is -1.56. The zero-order valence-corrected chi connectivity index (χ0v) is 12.3. The van der Waals surface area contributed by atoms with Gasteiger partial charge in [0.2, 0.25) is 0 Å². The largest absolute Gasteiger partial charge is 0.461 e. The van der Waals surface area contributed by atoms with Crippen LogP contribution in [0.5, 0.6) is 0 Å². The fourth-order valence-corrected chi connectivity index (χ4v) is 1.66. The van der Waals surface area contributed by atoms with Gasteiger partial charge in [0.25, 0.3) is 0 Å². The van der Waals surface area contributed by atoms with Gasteiger partial charge >= 0.3 is 5.97 Å². The SMILES string of the molecule is CCc1nn(C)c(C(=O)OCCC(C)(C)OC)c1N. The molecule has 0 aliphatic rings. The highest BCUT2D eigenvalue weighted by Crippen LogP contribution is 2.19. The van der Waals surface area contributed by atoms with Crippen molar-refractivity contribution in [2.45, 2.75) is 39.2 Å².